The monoisotopic (exact) mass is 271 g/mol. The van der Waals surface area contributed by atoms with Gasteiger partial charge in [0.05, 0.1) is 0 Å². The summed E-state index contributed by atoms with van der Waals surface area (Å²) in [4.78, 5) is 3.93. The number of hydrogen-bond acceptors (Lipinski definition) is 5. The van der Waals surface area contributed by atoms with Crippen LogP contribution in [0.3, 0.4) is 0 Å². The van der Waals surface area contributed by atoms with Gasteiger partial charge in [0.1, 0.15) is 11.9 Å². The van der Waals surface area contributed by atoms with Crippen LogP contribution < -0.4 is 5.73 Å². The Hall–Kier alpha value is -1.50. The molecule has 0 aliphatic carbocycles. The predicted molar refractivity (Wildman–Crippen MR) is 62.5 cm³/mol. The van der Waals surface area contributed by atoms with E-state index in [1.165, 1.54) is 12.1 Å². The third kappa shape index (κ3) is 2.66. The predicted octanol–water partition coefficient (Wildman–Crippen LogP) is 1.45. The van der Waals surface area contributed by atoms with Gasteiger partial charge in [0, 0.05) is 23.6 Å². The van der Waals surface area contributed by atoms with Crippen LogP contribution in [-0.4, -0.2) is 21.8 Å². The molecule has 1 unspecified atom stereocenters. The topological polar surface area (TPSA) is 85.2 Å². The fraction of sp³-hybridized carbons (Fsp3) is 0.273. The first-order chi connectivity index (χ1) is 8.61. The number of rotatable bonds is 4. The fourth-order valence-corrected chi connectivity index (χ4v) is 1.66. The minimum absolute atomic E-state index is 0.0139. The molecule has 0 aliphatic rings. The molecule has 3 N–H and O–H groups in total. The molecule has 1 aromatic heterocycles. The minimum Gasteiger partial charge on any atom is -0.382 e. The molecular weight excluding hydrogens is 261 g/mol. The standard InChI is InChI=1S/C11H11ClFN3O2/c12-7-2-1-3-8(13)6(7)4-10-15-11(18-16-10)9(17)5-14/h1-3,9,17H,4-5,14H2. The second kappa shape index (κ2) is 5.43. The van der Waals surface area contributed by atoms with Crippen LogP contribution in [0.2, 0.25) is 5.02 Å². The number of nitrogens with two attached hydrogens (primary N) is 1. The first-order valence-corrected chi connectivity index (χ1v) is 5.63. The summed E-state index contributed by atoms with van der Waals surface area (Å²) in [6, 6.07) is 4.40. The lowest BCUT2D eigenvalue weighted by Crippen LogP contribution is -2.11. The summed E-state index contributed by atoms with van der Waals surface area (Å²) in [6.07, 6.45) is -0.922. The Morgan fingerprint density at radius 2 is 2.28 bits per heavy atom. The van der Waals surface area contributed by atoms with E-state index in [1.54, 1.807) is 6.07 Å². The summed E-state index contributed by atoms with van der Waals surface area (Å²) >= 11 is 5.88. The first kappa shape index (κ1) is 12.9. The smallest absolute Gasteiger partial charge is 0.256 e. The molecule has 7 heteroatoms. The highest BCUT2D eigenvalue weighted by Crippen LogP contribution is 2.21. The highest BCUT2D eigenvalue weighted by atomic mass is 35.5. The van der Waals surface area contributed by atoms with E-state index in [0.29, 0.717) is 5.02 Å². The Bertz CT molecular complexity index is 527. The zero-order chi connectivity index (χ0) is 13.1. The molecule has 18 heavy (non-hydrogen) atoms. The fourth-order valence-electron chi connectivity index (χ4n) is 1.43. The van der Waals surface area contributed by atoms with E-state index in [4.69, 9.17) is 21.9 Å². The second-order valence-corrected chi connectivity index (χ2v) is 4.08. The number of nitrogens with zero attached hydrogens (tertiary/aromatic N) is 2. The van der Waals surface area contributed by atoms with Crippen molar-refractivity contribution in [2.24, 2.45) is 5.73 Å². The van der Waals surface area contributed by atoms with Crippen molar-refractivity contribution in [1.82, 2.24) is 10.1 Å². The van der Waals surface area contributed by atoms with E-state index in [-0.39, 0.29) is 30.2 Å². The van der Waals surface area contributed by atoms with Gasteiger partial charge in [-0.25, -0.2) is 4.39 Å². The molecule has 96 valence electrons. The van der Waals surface area contributed by atoms with Gasteiger partial charge in [0.25, 0.3) is 5.89 Å². The highest BCUT2D eigenvalue weighted by molar-refractivity contribution is 6.31. The Kier molecular flexibility index (Phi) is 3.90. The number of aliphatic hydroxyl groups is 1. The number of hydrogen-bond donors (Lipinski definition) is 2. The van der Waals surface area contributed by atoms with E-state index >= 15 is 0 Å². The van der Waals surface area contributed by atoms with E-state index in [0.717, 1.165) is 0 Å². The van der Waals surface area contributed by atoms with Crippen molar-refractivity contribution in [2.45, 2.75) is 12.5 Å². The molecule has 0 radical (unpaired) electrons. The molecule has 2 aromatic rings. The zero-order valence-electron chi connectivity index (χ0n) is 9.31. The Labute approximate surface area is 107 Å². The van der Waals surface area contributed by atoms with Gasteiger partial charge >= 0.3 is 0 Å². The van der Waals surface area contributed by atoms with Gasteiger partial charge in [-0.3, -0.25) is 0 Å². The highest BCUT2D eigenvalue weighted by Gasteiger charge is 2.16. The molecule has 0 saturated carbocycles. The molecule has 1 heterocycles. The van der Waals surface area contributed by atoms with Crippen molar-refractivity contribution in [3.05, 3.63) is 46.3 Å². The van der Waals surface area contributed by atoms with Crippen LogP contribution in [0.5, 0.6) is 0 Å². The normalized spacial score (nSPS) is 12.7. The van der Waals surface area contributed by atoms with Crippen molar-refractivity contribution < 1.29 is 14.0 Å². The Balaban J connectivity index is 2.21. The van der Waals surface area contributed by atoms with Crippen LogP contribution in [-0.2, 0) is 6.42 Å². The average Bonchev–Trinajstić information content (AvgIpc) is 2.81. The molecule has 0 saturated heterocycles. The van der Waals surface area contributed by atoms with Crippen LogP contribution in [0.15, 0.2) is 22.7 Å². The van der Waals surface area contributed by atoms with Crippen LogP contribution in [0.1, 0.15) is 23.4 Å². The second-order valence-electron chi connectivity index (χ2n) is 3.68. The summed E-state index contributed by atoms with van der Waals surface area (Å²) in [5.41, 5.74) is 5.54. The molecule has 0 bridgehead atoms. The molecule has 1 atom stereocenters. The van der Waals surface area contributed by atoms with E-state index in [2.05, 4.69) is 10.1 Å². The quantitative estimate of drug-likeness (QED) is 0.879. The molecular formula is C11H11ClFN3O2. The van der Waals surface area contributed by atoms with Crippen molar-refractivity contribution in [1.29, 1.82) is 0 Å². The summed E-state index contributed by atoms with van der Waals surface area (Å²) < 4.78 is 18.3. The molecule has 2 rings (SSSR count). The van der Waals surface area contributed by atoms with E-state index in [9.17, 15) is 9.50 Å². The number of halogens is 2. The van der Waals surface area contributed by atoms with Gasteiger partial charge in [0.15, 0.2) is 5.82 Å². The van der Waals surface area contributed by atoms with Crippen LogP contribution in [0.25, 0.3) is 0 Å². The van der Waals surface area contributed by atoms with Gasteiger partial charge in [-0.05, 0) is 12.1 Å². The number of aliphatic hydroxyl groups excluding tert-OH is 1. The summed E-state index contributed by atoms with van der Waals surface area (Å²) in [5.74, 6) is -0.183. The van der Waals surface area contributed by atoms with Crippen LogP contribution >= 0.6 is 11.6 Å². The Morgan fingerprint density at radius 1 is 1.50 bits per heavy atom. The molecule has 1 aromatic carbocycles. The maximum atomic E-state index is 13.5. The minimum atomic E-state index is -1.01. The first-order valence-electron chi connectivity index (χ1n) is 5.25. The molecule has 0 aliphatic heterocycles. The van der Waals surface area contributed by atoms with Crippen molar-refractivity contribution in [3.8, 4) is 0 Å². The number of aromatic nitrogens is 2. The van der Waals surface area contributed by atoms with Crippen molar-refractivity contribution in [2.75, 3.05) is 6.54 Å². The van der Waals surface area contributed by atoms with Crippen molar-refractivity contribution >= 4 is 11.6 Å². The zero-order valence-corrected chi connectivity index (χ0v) is 10.1. The van der Waals surface area contributed by atoms with E-state index in [1.807, 2.05) is 0 Å². The third-order valence-electron chi connectivity index (χ3n) is 2.39. The van der Waals surface area contributed by atoms with Gasteiger partial charge in [-0.1, -0.05) is 22.8 Å². The maximum absolute atomic E-state index is 13.5. The molecule has 0 amide bonds. The van der Waals surface area contributed by atoms with Gasteiger partial charge < -0.3 is 15.4 Å². The lowest BCUT2D eigenvalue weighted by Gasteiger charge is -2.02. The largest absolute Gasteiger partial charge is 0.382 e. The molecule has 0 spiro atoms. The maximum Gasteiger partial charge on any atom is 0.256 e. The van der Waals surface area contributed by atoms with Crippen molar-refractivity contribution in [3.63, 3.8) is 0 Å². The molecule has 5 nitrogen and oxygen atoms in total. The summed E-state index contributed by atoms with van der Waals surface area (Å²) in [6.45, 7) is -0.0257. The van der Waals surface area contributed by atoms with Gasteiger partial charge in [0.2, 0.25) is 0 Å². The van der Waals surface area contributed by atoms with Crippen LogP contribution in [0, 0.1) is 5.82 Å². The van der Waals surface area contributed by atoms with Gasteiger partial charge in [-0.2, -0.15) is 4.98 Å². The lowest BCUT2D eigenvalue weighted by atomic mass is 10.1. The van der Waals surface area contributed by atoms with Crippen LogP contribution in [0.4, 0.5) is 4.39 Å². The summed E-state index contributed by atoms with van der Waals surface area (Å²) in [7, 11) is 0. The average molecular weight is 272 g/mol. The van der Waals surface area contributed by atoms with E-state index < -0.39 is 11.9 Å². The SMILES string of the molecule is NCC(O)c1nc(Cc2c(F)cccc2Cl)no1. The Morgan fingerprint density at radius 3 is 2.94 bits per heavy atom. The third-order valence-corrected chi connectivity index (χ3v) is 2.74. The lowest BCUT2D eigenvalue weighted by molar-refractivity contribution is 0.141. The number of benzene rings is 1. The van der Waals surface area contributed by atoms with Gasteiger partial charge in [-0.15, -0.1) is 0 Å². The molecule has 0 fully saturated rings. The summed E-state index contributed by atoms with van der Waals surface area (Å²) in [5, 5.41) is 13.3.